The van der Waals surface area contributed by atoms with Crippen molar-refractivity contribution in [3.05, 3.63) is 46.0 Å². The highest BCUT2D eigenvalue weighted by Crippen LogP contribution is 2.26. The molecule has 1 aliphatic carbocycles. The number of nitrogens with one attached hydrogen (secondary N) is 2. The number of fused-ring (bicyclic) bond motifs is 1. The van der Waals surface area contributed by atoms with Crippen LogP contribution in [0.2, 0.25) is 0 Å². The molecule has 6 nitrogen and oxygen atoms in total. The maximum Gasteiger partial charge on any atom is 0.291 e. The Morgan fingerprint density at radius 1 is 1.00 bits per heavy atom. The Bertz CT molecular complexity index is 931. The molecule has 1 saturated carbocycles. The average molecular weight is 395 g/mol. The molecule has 0 spiro atoms. The molecule has 1 aromatic carbocycles. The highest BCUT2D eigenvalue weighted by molar-refractivity contribution is 6.04. The van der Waals surface area contributed by atoms with Gasteiger partial charge in [-0.15, -0.1) is 0 Å². The summed E-state index contributed by atoms with van der Waals surface area (Å²) in [5, 5.41) is 6.17. The molecule has 6 heteroatoms. The first-order chi connectivity index (χ1) is 13.9. The molecule has 2 aliphatic rings. The lowest BCUT2D eigenvalue weighted by Crippen LogP contribution is -2.33. The molecule has 4 rings (SSSR count). The van der Waals surface area contributed by atoms with Crippen LogP contribution in [-0.2, 0) is 13.0 Å². The van der Waals surface area contributed by atoms with E-state index in [4.69, 9.17) is 0 Å². The van der Waals surface area contributed by atoms with Gasteiger partial charge in [0.2, 0.25) is 0 Å². The fourth-order valence-corrected chi connectivity index (χ4v) is 4.77. The Morgan fingerprint density at radius 2 is 1.69 bits per heavy atom. The van der Waals surface area contributed by atoms with Crippen LogP contribution in [0.15, 0.2) is 12.1 Å². The highest BCUT2D eigenvalue weighted by atomic mass is 16.2. The maximum absolute atomic E-state index is 13.1. The van der Waals surface area contributed by atoms with Crippen molar-refractivity contribution in [2.24, 2.45) is 0 Å². The van der Waals surface area contributed by atoms with Gasteiger partial charge in [-0.3, -0.25) is 9.59 Å². The van der Waals surface area contributed by atoms with E-state index in [0.717, 1.165) is 74.0 Å². The summed E-state index contributed by atoms with van der Waals surface area (Å²) >= 11 is 0. The predicted molar refractivity (Wildman–Crippen MR) is 113 cm³/mol. The lowest BCUT2D eigenvalue weighted by atomic mass is 10.1. The summed E-state index contributed by atoms with van der Waals surface area (Å²) in [6.45, 7) is 6.77. The van der Waals surface area contributed by atoms with E-state index in [9.17, 15) is 9.59 Å². The lowest BCUT2D eigenvalue weighted by Gasteiger charge is -2.18. The molecule has 0 unspecified atom stereocenters. The van der Waals surface area contributed by atoms with Gasteiger partial charge in [0.05, 0.1) is 5.69 Å². The van der Waals surface area contributed by atoms with E-state index >= 15 is 0 Å². The van der Waals surface area contributed by atoms with E-state index in [2.05, 4.69) is 27.8 Å². The van der Waals surface area contributed by atoms with E-state index < -0.39 is 0 Å². The minimum absolute atomic E-state index is 0.135. The molecule has 2 N–H and O–H groups in total. The third-order valence-corrected chi connectivity index (χ3v) is 6.14. The number of carbonyl (C=O) groups excluding carboxylic acids is 2. The molecule has 0 bridgehead atoms. The van der Waals surface area contributed by atoms with Crippen molar-refractivity contribution >= 4 is 17.5 Å². The smallest absolute Gasteiger partial charge is 0.291 e. The number of aromatic nitrogens is 2. The molecule has 2 heterocycles. The number of hydrogen-bond acceptors (Lipinski definition) is 3. The van der Waals surface area contributed by atoms with E-state index in [1.807, 2.05) is 25.3 Å². The second kappa shape index (κ2) is 8.01. The van der Waals surface area contributed by atoms with Gasteiger partial charge in [0.1, 0.15) is 5.69 Å². The number of anilines is 1. The van der Waals surface area contributed by atoms with Gasteiger partial charge in [0, 0.05) is 18.3 Å². The van der Waals surface area contributed by atoms with Gasteiger partial charge in [0.25, 0.3) is 11.8 Å². The average Bonchev–Trinajstić information content (AvgIpc) is 3.32. The van der Waals surface area contributed by atoms with Crippen molar-refractivity contribution in [2.75, 3.05) is 5.32 Å². The quantitative estimate of drug-likeness (QED) is 0.821. The third-order valence-electron chi connectivity index (χ3n) is 6.14. The second-order valence-corrected chi connectivity index (χ2v) is 8.52. The minimum Gasteiger partial charge on any atom is -0.348 e. The second-order valence-electron chi connectivity index (χ2n) is 8.52. The zero-order chi connectivity index (χ0) is 20.5. The van der Waals surface area contributed by atoms with Crippen LogP contribution in [0.5, 0.6) is 0 Å². The molecule has 0 saturated heterocycles. The van der Waals surface area contributed by atoms with Crippen LogP contribution in [0.3, 0.4) is 0 Å². The highest BCUT2D eigenvalue weighted by Gasteiger charge is 2.29. The van der Waals surface area contributed by atoms with Gasteiger partial charge >= 0.3 is 0 Å². The topological polar surface area (TPSA) is 76.0 Å². The third kappa shape index (κ3) is 3.93. The molecule has 29 heavy (non-hydrogen) atoms. The number of aryl methyl sites for hydroxylation is 3. The summed E-state index contributed by atoms with van der Waals surface area (Å²) in [6, 6.07) is 4.35. The minimum atomic E-state index is -0.247. The van der Waals surface area contributed by atoms with E-state index in [1.54, 1.807) is 0 Å². The maximum atomic E-state index is 13.1. The molecular weight excluding hydrogens is 364 g/mol. The van der Waals surface area contributed by atoms with Crippen LogP contribution < -0.4 is 10.6 Å². The SMILES string of the molecule is Cc1cc(C)c(NC(=O)c2nc(C(=O)NC3CCCC3)c3n2CCCC3)c(C)c1. The largest absolute Gasteiger partial charge is 0.348 e. The number of nitrogens with zero attached hydrogens (tertiary/aromatic N) is 2. The first kappa shape index (κ1) is 19.7. The molecule has 1 aromatic heterocycles. The Hall–Kier alpha value is -2.63. The van der Waals surface area contributed by atoms with Crippen LogP contribution in [0.1, 0.15) is 82.0 Å². The van der Waals surface area contributed by atoms with Gasteiger partial charge in [-0.1, -0.05) is 30.5 Å². The Kier molecular flexibility index (Phi) is 5.43. The van der Waals surface area contributed by atoms with Crippen molar-refractivity contribution in [1.82, 2.24) is 14.9 Å². The Morgan fingerprint density at radius 3 is 2.38 bits per heavy atom. The van der Waals surface area contributed by atoms with Crippen molar-refractivity contribution < 1.29 is 9.59 Å². The van der Waals surface area contributed by atoms with Crippen LogP contribution in [0.25, 0.3) is 0 Å². The number of benzene rings is 1. The van der Waals surface area contributed by atoms with E-state index in [0.29, 0.717) is 11.5 Å². The molecule has 1 fully saturated rings. The molecule has 2 aromatic rings. The number of carbonyl (C=O) groups is 2. The molecular formula is C23H30N4O2. The summed E-state index contributed by atoms with van der Waals surface area (Å²) in [5.74, 6) is -0.0388. The fraction of sp³-hybridized carbons (Fsp3) is 0.522. The standard InChI is InChI=1S/C23H30N4O2/c1-14-12-15(2)19(16(3)13-14)26-23(29)21-25-20(18-10-6-7-11-27(18)21)22(28)24-17-8-4-5-9-17/h12-13,17H,4-11H2,1-3H3,(H,24,28)(H,26,29). The molecule has 154 valence electrons. The van der Waals surface area contributed by atoms with Crippen molar-refractivity contribution in [1.29, 1.82) is 0 Å². The van der Waals surface area contributed by atoms with Gasteiger partial charge in [-0.05, 0) is 64.0 Å². The number of hydrogen-bond donors (Lipinski definition) is 2. The summed E-state index contributed by atoms with van der Waals surface area (Å²) in [5.41, 5.74) is 5.38. The first-order valence-corrected chi connectivity index (χ1v) is 10.7. The summed E-state index contributed by atoms with van der Waals surface area (Å²) in [7, 11) is 0. The van der Waals surface area contributed by atoms with Crippen LogP contribution in [-0.4, -0.2) is 27.4 Å². The number of rotatable bonds is 4. The monoisotopic (exact) mass is 394 g/mol. The van der Waals surface area contributed by atoms with Gasteiger partial charge in [-0.2, -0.15) is 0 Å². The molecule has 1 aliphatic heterocycles. The van der Waals surface area contributed by atoms with Crippen molar-refractivity contribution in [3.8, 4) is 0 Å². The molecule has 0 atom stereocenters. The number of amides is 2. The normalized spacial score (nSPS) is 16.5. The van der Waals surface area contributed by atoms with Gasteiger partial charge < -0.3 is 15.2 Å². The summed E-state index contributed by atoms with van der Waals surface area (Å²) in [4.78, 5) is 30.6. The van der Waals surface area contributed by atoms with Crippen LogP contribution in [0, 0.1) is 20.8 Å². The number of imidazole rings is 1. The van der Waals surface area contributed by atoms with Crippen molar-refractivity contribution in [2.45, 2.75) is 78.3 Å². The van der Waals surface area contributed by atoms with Gasteiger partial charge in [0.15, 0.2) is 5.82 Å². The lowest BCUT2D eigenvalue weighted by molar-refractivity contribution is 0.0931. The Labute approximate surface area is 172 Å². The Balaban J connectivity index is 1.62. The fourth-order valence-electron chi connectivity index (χ4n) is 4.77. The zero-order valence-electron chi connectivity index (χ0n) is 17.6. The predicted octanol–water partition coefficient (Wildman–Crippen LogP) is 4.07. The summed E-state index contributed by atoms with van der Waals surface area (Å²) < 4.78 is 1.95. The van der Waals surface area contributed by atoms with E-state index in [1.165, 1.54) is 5.56 Å². The molecule has 0 radical (unpaired) electrons. The van der Waals surface area contributed by atoms with Gasteiger partial charge in [-0.25, -0.2) is 4.98 Å². The molecule has 2 amide bonds. The first-order valence-electron chi connectivity index (χ1n) is 10.7. The van der Waals surface area contributed by atoms with Crippen molar-refractivity contribution in [3.63, 3.8) is 0 Å². The zero-order valence-corrected chi connectivity index (χ0v) is 17.6. The summed E-state index contributed by atoms with van der Waals surface area (Å²) in [6.07, 6.45) is 7.19. The van der Waals surface area contributed by atoms with Crippen LogP contribution in [0.4, 0.5) is 5.69 Å². The van der Waals surface area contributed by atoms with E-state index in [-0.39, 0.29) is 17.9 Å². The van der Waals surface area contributed by atoms with Crippen LogP contribution >= 0.6 is 0 Å².